The van der Waals surface area contributed by atoms with Crippen molar-refractivity contribution in [1.82, 2.24) is 0 Å². The molecule has 64 heavy (non-hydrogen) atoms. The van der Waals surface area contributed by atoms with E-state index in [0.717, 1.165) is 9.52 Å². The molecule has 9 rings (SSSR count). The minimum absolute atomic E-state index is 0.516. The summed E-state index contributed by atoms with van der Waals surface area (Å²) in [5, 5.41) is 8.40. The normalized spacial score (nSPS) is 11.8. The Hall–Kier alpha value is -3.78. The number of fused-ring (bicyclic) bond motifs is 5. The van der Waals surface area contributed by atoms with Gasteiger partial charge in [0.1, 0.15) is 0 Å². The summed E-state index contributed by atoms with van der Waals surface area (Å²) in [5.74, 6) is 3.21. The van der Waals surface area contributed by atoms with E-state index in [1.165, 1.54) is 98.7 Å². The Morgan fingerprint density at radius 1 is 0.438 bits per heavy atom. The third-order valence-electron chi connectivity index (χ3n) is 12.5. The second kappa shape index (κ2) is 22.6. The number of halogens is 2. The zero-order chi connectivity index (χ0) is 46.2. The predicted octanol–water partition coefficient (Wildman–Crippen LogP) is 17.7. The average Bonchev–Trinajstić information content (AvgIpc) is 4.02. The molecular formula is C60H65Cl2SiZr-3. The molecule has 0 atom stereocenters. The van der Waals surface area contributed by atoms with Crippen LogP contribution in [0.3, 0.4) is 0 Å². The van der Waals surface area contributed by atoms with E-state index in [0.29, 0.717) is 35.5 Å². The molecule has 8 aromatic rings. The van der Waals surface area contributed by atoms with Crippen LogP contribution in [0.1, 0.15) is 152 Å². The molecule has 0 bridgehead atoms. The summed E-state index contributed by atoms with van der Waals surface area (Å²) in [6.45, 7) is 27.5. The van der Waals surface area contributed by atoms with Crippen LogP contribution in [0.2, 0.25) is 0 Å². The molecule has 330 valence electrons. The first-order valence-corrected chi connectivity index (χ1v) is 30.5. The first-order valence-electron chi connectivity index (χ1n) is 23.1. The molecular weight excluding hydrogens is 911 g/mol. The minimum atomic E-state index is -0.826. The molecule has 0 nitrogen and oxygen atoms in total. The fourth-order valence-corrected chi connectivity index (χ4v) is 10.4. The first-order chi connectivity index (χ1) is 30.7. The molecule has 0 spiro atoms. The molecule has 0 N–H and O–H groups in total. The van der Waals surface area contributed by atoms with Crippen LogP contribution in [0.4, 0.5) is 0 Å². The van der Waals surface area contributed by atoms with Gasteiger partial charge in [-0.25, -0.2) is 0 Å². The fourth-order valence-electron chi connectivity index (χ4n) is 9.06. The molecule has 0 unspecified atom stereocenters. The molecule has 0 aliphatic carbocycles. The van der Waals surface area contributed by atoms with Crippen molar-refractivity contribution >= 4 is 58.5 Å². The van der Waals surface area contributed by atoms with Gasteiger partial charge >= 0.3 is 37.9 Å². The molecule has 8 aromatic carbocycles. The monoisotopic (exact) mass is 973 g/mol. The Balaban J connectivity index is 0.000000160. The number of hydrogen-bond donors (Lipinski definition) is 0. The SMILES string of the molecule is CC(C)c1cc2c(-c3ccccc3C(C)C)c(C(C)C)ccc2[cH-]1.CC(C)c1cc2c(-c3ccccc3C(C)C)c(C(C)C)ccc2[cH-]1.[Cl][Zr][Cl].[c-]1cccc2c1[Si]c1ccccc1-2. The molecule has 0 fully saturated rings. The third kappa shape index (κ3) is 11.2. The van der Waals surface area contributed by atoms with Crippen LogP contribution in [0, 0.1) is 6.07 Å². The summed E-state index contributed by atoms with van der Waals surface area (Å²) < 4.78 is 0. The van der Waals surface area contributed by atoms with Gasteiger partial charge in [0.2, 0.25) is 0 Å². The second-order valence-electron chi connectivity index (χ2n) is 18.9. The van der Waals surface area contributed by atoms with Gasteiger partial charge in [-0.1, -0.05) is 189 Å². The van der Waals surface area contributed by atoms with Crippen molar-refractivity contribution < 1.29 is 20.8 Å². The molecule has 0 saturated carbocycles. The first kappa shape index (κ1) is 49.6. The number of benzene rings is 6. The van der Waals surface area contributed by atoms with Gasteiger partial charge in [0.05, 0.1) is 9.52 Å². The van der Waals surface area contributed by atoms with Crippen LogP contribution >= 0.6 is 17.0 Å². The summed E-state index contributed by atoms with van der Waals surface area (Å²) in [4.78, 5) is 0. The van der Waals surface area contributed by atoms with Crippen LogP contribution < -0.4 is 10.4 Å². The minimum Gasteiger partial charge on any atom is -0.184 e. The van der Waals surface area contributed by atoms with Gasteiger partial charge < -0.3 is 0 Å². The molecule has 1 aliphatic heterocycles. The van der Waals surface area contributed by atoms with E-state index in [9.17, 15) is 0 Å². The Morgan fingerprint density at radius 3 is 1.25 bits per heavy atom. The third-order valence-corrected chi connectivity index (χ3v) is 13.9. The van der Waals surface area contributed by atoms with E-state index >= 15 is 0 Å². The topological polar surface area (TPSA) is 0 Å². The van der Waals surface area contributed by atoms with Gasteiger partial charge in [0.15, 0.2) is 0 Å². The van der Waals surface area contributed by atoms with Crippen LogP contribution in [-0.4, -0.2) is 9.52 Å². The summed E-state index contributed by atoms with van der Waals surface area (Å²) in [5.41, 5.74) is 17.1. The van der Waals surface area contributed by atoms with Crippen molar-refractivity contribution in [1.29, 1.82) is 0 Å². The van der Waals surface area contributed by atoms with Crippen LogP contribution in [-0.2, 0) is 20.8 Å². The fraction of sp³-hybridized carbons (Fsp3) is 0.300. The van der Waals surface area contributed by atoms with Gasteiger partial charge in [0.25, 0.3) is 0 Å². The average molecular weight is 976 g/mol. The standard InChI is InChI=1S/2C24H29.C12H7Si.2ClH.Zr/c2*1-15(2)19-13-18-11-12-21(17(5)6)24(23(18)14-19)22-10-8-7-9-20(22)16(3)4;1-3-7-11-9(5-1)10-6-2-4-8-12(10)13-11;;;/h2*7-17H,1-6H3;1-7H;2*1H;/q3*-1;;;+2/p-2. The molecule has 1 heterocycles. The largest absolute Gasteiger partial charge is 0.184 e. The van der Waals surface area contributed by atoms with Gasteiger partial charge in [0, 0.05) is 0 Å². The molecule has 0 amide bonds. The van der Waals surface area contributed by atoms with E-state index in [-0.39, 0.29) is 0 Å². The summed E-state index contributed by atoms with van der Waals surface area (Å²) in [7, 11) is 10.7. The maximum Gasteiger partial charge on any atom is 0.0920 e. The maximum atomic E-state index is 4.93. The molecule has 4 heteroatoms. The zero-order valence-corrected chi connectivity index (χ0v) is 45.0. The van der Waals surface area contributed by atoms with Gasteiger partial charge in [-0.2, -0.15) is 41.6 Å². The van der Waals surface area contributed by atoms with Gasteiger partial charge in [-0.15, -0.1) is 74.6 Å². The van der Waals surface area contributed by atoms with Crippen molar-refractivity contribution in [3.8, 4) is 33.4 Å². The summed E-state index contributed by atoms with van der Waals surface area (Å²) in [6.07, 6.45) is 0. The van der Waals surface area contributed by atoms with Crippen molar-refractivity contribution in [3.05, 3.63) is 179 Å². The Labute approximate surface area is 407 Å². The predicted molar refractivity (Wildman–Crippen MR) is 282 cm³/mol. The van der Waals surface area contributed by atoms with Crippen LogP contribution in [0.15, 0.2) is 140 Å². The molecule has 0 saturated heterocycles. The number of rotatable bonds is 8. The Bertz CT molecular complexity index is 2590. The quantitative estimate of drug-likeness (QED) is 0.105. The van der Waals surface area contributed by atoms with E-state index in [2.05, 4.69) is 223 Å². The van der Waals surface area contributed by atoms with Crippen LogP contribution in [0.25, 0.3) is 54.9 Å². The van der Waals surface area contributed by atoms with Crippen molar-refractivity contribution in [3.63, 3.8) is 0 Å². The summed E-state index contributed by atoms with van der Waals surface area (Å²) in [6, 6.07) is 54.9. The smallest absolute Gasteiger partial charge is 0.0920 e. The van der Waals surface area contributed by atoms with E-state index in [4.69, 9.17) is 17.0 Å². The van der Waals surface area contributed by atoms with Crippen molar-refractivity contribution in [2.24, 2.45) is 0 Å². The van der Waals surface area contributed by atoms with E-state index < -0.39 is 20.8 Å². The molecule has 0 aromatic heterocycles. The molecule has 2 radical (unpaired) electrons. The second-order valence-corrected chi connectivity index (χ2v) is 24.0. The number of hydrogen-bond acceptors (Lipinski definition) is 0. The van der Waals surface area contributed by atoms with Crippen LogP contribution in [0.5, 0.6) is 0 Å². The Kier molecular flexibility index (Phi) is 17.5. The maximum absolute atomic E-state index is 4.93. The van der Waals surface area contributed by atoms with E-state index in [1.807, 2.05) is 6.07 Å². The van der Waals surface area contributed by atoms with Crippen molar-refractivity contribution in [2.45, 2.75) is 119 Å². The Morgan fingerprint density at radius 2 is 0.828 bits per heavy atom. The van der Waals surface area contributed by atoms with Gasteiger partial charge in [-0.3, -0.25) is 0 Å². The van der Waals surface area contributed by atoms with Gasteiger partial charge in [-0.05, 0) is 57.8 Å². The van der Waals surface area contributed by atoms with E-state index in [1.54, 1.807) is 0 Å². The van der Waals surface area contributed by atoms with Crippen molar-refractivity contribution in [2.75, 3.05) is 0 Å². The summed E-state index contributed by atoms with van der Waals surface area (Å²) >= 11 is -0.826. The molecule has 1 aliphatic rings. The zero-order valence-electron chi connectivity index (χ0n) is 40.0.